The molecule has 0 amide bonds. The average molecular weight is 318 g/mol. The summed E-state index contributed by atoms with van der Waals surface area (Å²) in [6.07, 6.45) is 14.3. The Hall–Kier alpha value is 0.0284. The van der Waals surface area contributed by atoms with E-state index in [4.69, 9.17) is 5.11 Å². The molecule has 3 heteroatoms. The maximum absolute atomic E-state index is 10.3. The van der Waals surface area contributed by atoms with E-state index in [2.05, 4.69) is 6.92 Å². The molecule has 1 atom stereocenters. The maximum atomic E-state index is 10.3. The van der Waals surface area contributed by atoms with Gasteiger partial charge in [-0.15, -0.1) is 0 Å². The molecule has 0 saturated carbocycles. The third-order valence-electron chi connectivity index (χ3n) is 3.22. The molecule has 1 unspecified atom stereocenters. The minimum atomic E-state index is -0.623. The van der Waals surface area contributed by atoms with Gasteiger partial charge in [-0.2, -0.15) is 0 Å². The van der Waals surface area contributed by atoms with Gasteiger partial charge >= 0.3 is 120 Å². The Morgan fingerprint density at radius 3 is 1.83 bits per heavy atom. The Bertz CT molecular complexity index is 183. The van der Waals surface area contributed by atoms with Gasteiger partial charge < -0.3 is 0 Å². The SMILES string of the molecule is CCCCCCCCCCCC[AsH]CCC(=O)O. The van der Waals surface area contributed by atoms with E-state index in [0.29, 0.717) is 6.42 Å². The summed E-state index contributed by atoms with van der Waals surface area (Å²) >= 11 is 0.0494. The number of carbonyl (C=O) groups is 1. The summed E-state index contributed by atoms with van der Waals surface area (Å²) in [7, 11) is 0. The Kier molecular flexibility index (Phi) is 15.1. The molecule has 0 rings (SSSR count). The zero-order valence-corrected chi connectivity index (χ0v) is 14.1. The summed E-state index contributed by atoms with van der Waals surface area (Å²) in [5.41, 5.74) is 0. The van der Waals surface area contributed by atoms with Gasteiger partial charge in [0, 0.05) is 0 Å². The second kappa shape index (κ2) is 15.1. The van der Waals surface area contributed by atoms with Crippen molar-refractivity contribution in [3.05, 3.63) is 0 Å². The van der Waals surface area contributed by atoms with Crippen LogP contribution in [0.4, 0.5) is 0 Å². The second-order valence-electron chi connectivity index (χ2n) is 5.08. The molecular weight excluding hydrogens is 287 g/mol. The summed E-state index contributed by atoms with van der Waals surface area (Å²) in [5.74, 6) is -0.623. The van der Waals surface area contributed by atoms with Gasteiger partial charge in [0.2, 0.25) is 0 Å². The van der Waals surface area contributed by atoms with Gasteiger partial charge in [-0.1, -0.05) is 0 Å². The first kappa shape index (κ1) is 18.0. The number of aliphatic carboxylic acids is 1. The fraction of sp³-hybridized carbons (Fsp3) is 0.933. The fourth-order valence-electron chi connectivity index (χ4n) is 2.06. The van der Waals surface area contributed by atoms with Crippen molar-refractivity contribution in [1.29, 1.82) is 0 Å². The number of unbranched alkanes of at least 4 members (excludes halogenated alkanes) is 9. The summed E-state index contributed by atoms with van der Waals surface area (Å²) in [6, 6.07) is 0. The summed E-state index contributed by atoms with van der Waals surface area (Å²) in [4.78, 5) is 10.3. The van der Waals surface area contributed by atoms with Gasteiger partial charge in [0.25, 0.3) is 0 Å². The number of hydrogen-bond acceptors (Lipinski definition) is 1. The van der Waals surface area contributed by atoms with Gasteiger partial charge in [0.05, 0.1) is 0 Å². The van der Waals surface area contributed by atoms with Crippen LogP contribution in [0.1, 0.15) is 77.6 Å². The Morgan fingerprint density at radius 1 is 0.833 bits per heavy atom. The first-order valence-electron chi connectivity index (χ1n) is 7.70. The van der Waals surface area contributed by atoms with Crippen molar-refractivity contribution in [2.24, 2.45) is 0 Å². The van der Waals surface area contributed by atoms with Crippen LogP contribution in [0.25, 0.3) is 0 Å². The molecule has 0 aliphatic heterocycles. The van der Waals surface area contributed by atoms with Crippen molar-refractivity contribution in [3.8, 4) is 0 Å². The van der Waals surface area contributed by atoms with E-state index < -0.39 is 5.97 Å². The molecule has 1 N–H and O–H groups in total. The Morgan fingerprint density at radius 2 is 1.33 bits per heavy atom. The van der Waals surface area contributed by atoms with Crippen LogP contribution < -0.4 is 0 Å². The van der Waals surface area contributed by atoms with Crippen molar-refractivity contribution >= 4 is 21.7 Å². The molecule has 0 aromatic carbocycles. The van der Waals surface area contributed by atoms with Crippen LogP contribution in [-0.4, -0.2) is 26.8 Å². The minimum absolute atomic E-state index is 0.0494. The van der Waals surface area contributed by atoms with E-state index in [1.807, 2.05) is 0 Å². The Labute approximate surface area is 120 Å². The third-order valence-corrected chi connectivity index (χ3v) is 5.97. The van der Waals surface area contributed by atoms with E-state index >= 15 is 0 Å². The van der Waals surface area contributed by atoms with E-state index in [1.54, 1.807) is 0 Å². The van der Waals surface area contributed by atoms with Crippen molar-refractivity contribution < 1.29 is 9.90 Å². The zero-order valence-electron chi connectivity index (χ0n) is 12.0. The molecule has 0 bridgehead atoms. The summed E-state index contributed by atoms with van der Waals surface area (Å²) < 4.78 is 0. The van der Waals surface area contributed by atoms with Crippen molar-refractivity contribution in [2.75, 3.05) is 0 Å². The van der Waals surface area contributed by atoms with Crippen LogP contribution in [0.15, 0.2) is 0 Å². The molecule has 108 valence electrons. The predicted octanol–water partition coefficient (Wildman–Crippen LogP) is 4.66. The number of carboxylic acid groups (broad SMARTS) is 1. The molecule has 18 heavy (non-hydrogen) atoms. The van der Waals surface area contributed by atoms with Crippen LogP contribution in [0.2, 0.25) is 10.4 Å². The van der Waals surface area contributed by atoms with Gasteiger partial charge in [0.15, 0.2) is 0 Å². The Balaban J connectivity index is 2.92. The molecule has 0 saturated heterocycles. The fourth-order valence-corrected chi connectivity index (χ4v) is 4.45. The number of rotatable bonds is 14. The van der Waals surface area contributed by atoms with Gasteiger partial charge in [-0.05, 0) is 0 Å². The monoisotopic (exact) mass is 318 g/mol. The third kappa shape index (κ3) is 16.0. The van der Waals surface area contributed by atoms with Gasteiger partial charge in [-0.25, -0.2) is 0 Å². The molecule has 0 aliphatic rings. The number of carboxylic acids is 1. The molecule has 2 nitrogen and oxygen atoms in total. The standard InChI is InChI=1S/C15H31AsO2/c1-2-3-4-5-6-7-8-9-10-11-13-16-14-12-15(17)18/h16H,2-14H2,1H3,(H,17,18). The van der Waals surface area contributed by atoms with Crippen LogP contribution in [0, 0.1) is 0 Å². The quantitative estimate of drug-likeness (QED) is 0.374. The van der Waals surface area contributed by atoms with Crippen molar-refractivity contribution in [2.45, 2.75) is 88.0 Å². The molecule has 0 heterocycles. The first-order chi connectivity index (χ1) is 8.77. The van der Waals surface area contributed by atoms with Crippen molar-refractivity contribution in [3.63, 3.8) is 0 Å². The molecule has 0 aromatic heterocycles. The second-order valence-corrected chi connectivity index (χ2v) is 8.22. The number of hydrogen-bond donors (Lipinski definition) is 1. The molecular formula is C15H31AsO2. The van der Waals surface area contributed by atoms with Gasteiger partial charge in [0.1, 0.15) is 0 Å². The normalized spacial score (nSPS) is 11.4. The molecule has 0 aliphatic carbocycles. The molecule has 0 spiro atoms. The predicted molar refractivity (Wildman–Crippen MR) is 80.9 cm³/mol. The van der Waals surface area contributed by atoms with Gasteiger partial charge in [-0.3, -0.25) is 0 Å². The van der Waals surface area contributed by atoms with Crippen LogP contribution >= 0.6 is 0 Å². The van der Waals surface area contributed by atoms with E-state index in [9.17, 15) is 4.79 Å². The summed E-state index contributed by atoms with van der Waals surface area (Å²) in [6.45, 7) is 2.26. The van der Waals surface area contributed by atoms with E-state index in [-0.39, 0.29) is 15.8 Å². The first-order valence-corrected chi connectivity index (χ1v) is 10.7. The average Bonchev–Trinajstić information content (AvgIpc) is 2.34. The molecule has 0 radical (unpaired) electrons. The van der Waals surface area contributed by atoms with E-state index in [0.717, 1.165) is 5.21 Å². The molecule has 0 fully saturated rings. The van der Waals surface area contributed by atoms with Crippen LogP contribution in [0.5, 0.6) is 0 Å². The van der Waals surface area contributed by atoms with Crippen LogP contribution in [0.3, 0.4) is 0 Å². The topological polar surface area (TPSA) is 37.3 Å². The summed E-state index contributed by atoms with van der Waals surface area (Å²) in [5, 5.41) is 10.8. The van der Waals surface area contributed by atoms with E-state index in [1.165, 1.54) is 69.4 Å². The van der Waals surface area contributed by atoms with Crippen LogP contribution in [-0.2, 0) is 4.79 Å². The van der Waals surface area contributed by atoms with Crippen molar-refractivity contribution in [1.82, 2.24) is 0 Å². The zero-order chi connectivity index (χ0) is 13.5. The molecule has 0 aromatic rings.